The van der Waals surface area contributed by atoms with Crippen LogP contribution in [0.2, 0.25) is 0 Å². The minimum Gasteiger partial charge on any atom is -0.494 e. The summed E-state index contributed by atoms with van der Waals surface area (Å²) in [4.78, 5) is 0. The maximum absolute atomic E-state index is 13.4. The summed E-state index contributed by atoms with van der Waals surface area (Å²) in [5.41, 5.74) is 0.523. The Morgan fingerprint density at radius 3 is 2.53 bits per heavy atom. The van der Waals surface area contributed by atoms with E-state index >= 15 is 0 Å². The van der Waals surface area contributed by atoms with E-state index in [2.05, 4.69) is 5.32 Å². The molecule has 0 radical (unpaired) electrons. The Labute approximate surface area is 98.8 Å². The second-order valence-corrected chi connectivity index (χ2v) is 3.67. The van der Waals surface area contributed by atoms with Crippen molar-refractivity contribution in [2.24, 2.45) is 0 Å². The van der Waals surface area contributed by atoms with E-state index in [9.17, 15) is 13.2 Å². The van der Waals surface area contributed by atoms with E-state index in [0.29, 0.717) is 12.1 Å². The van der Waals surface area contributed by atoms with Crippen molar-refractivity contribution in [1.82, 2.24) is 5.32 Å². The van der Waals surface area contributed by atoms with Gasteiger partial charge in [-0.2, -0.15) is 0 Å². The SMILES string of the molecule is CCNC(Cc1ccc(OC)c(F)c1)C(F)F. The molecule has 0 heterocycles. The largest absolute Gasteiger partial charge is 0.494 e. The molecule has 0 aliphatic heterocycles. The summed E-state index contributed by atoms with van der Waals surface area (Å²) in [6.45, 7) is 2.21. The molecule has 0 amide bonds. The van der Waals surface area contributed by atoms with Crippen LogP contribution in [-0.2, 0) is 6.42 Å². The van der Waals surface area contributed by atoms with Gasteiger partial charge < -0.3 is 10.1 Å². The van der Waals surface area contributed by atoms with Crippen LogP contribution in [0.5, 0.6) is 5.75 Å². The van der Waals surface area contributed by atoms with Crippen molar-refractivity contribution in [2.45, 2.75) is 25.8 Å². The molecule has 1 unspecified atom stereocenters. The molecule has 0 saturated carbocycles. The number of hydrogen-bond acceptors (Lipinski definition) is 2. The van der Waals surface area contributed by atoms with Crippen LogP contribution >= 0.6 is 0 Å². The fourth-order valence-corrected chi connectivity index (χ4v) is 1.60. The molecule has 0 saturated heterocycles. The molecule has 0 aliphatic rings. The molecule has 1 rings (SSSR count). The highest BCUT2D eigenvalue weighted by Gasteiger charge is 2.19. The van der Waals surface area contributed by atoms with Crippen LogP contribution in [-0.4, -0.2) is 26.1 Å². The summed E-state index contributed by atoms with van der Waals surface area (Å²) in [5.74, 6) is -0.416. The van der Waals surface area contributed by atoms with E-state index in [1.807, 2.05) is 0 Å². The van der Waals surface area contributed by atoms with Gasteiger partial charge in [-0.15, -0.1) is 0 Å². The van der Waals surface area contributed by atoms with Gasteiger partial charge in [-0.1, -0.05) is 13.0 Å². The molecule has 1 aromatic carbocycles. The number of rotatable bonds is 6. The van der Waals surface area contributed by atoms with Crippen LogP contribution in [0.25, 0.3) is 0 Å². The normalized spacial score (nSPS) is 12.8. The summed E-state index contributed by atoms with van der Waals surface area (Å²) in [6, 6.07) is 3.31. The van der Waals surface area contributed by atoms with Crippen LogP contribution in [0.15, 0.2) is 18.2 Å². The molecule has 0 bridgehead atoms. The summed E-state index contributed by atoms with van der Waals surface area (Å²) in [7, 11) is 1.36. The van der Waals surface area contributed by atoms with E-state index in [-0.39, 0.29) is 12.2 Å². The molecule has 0 aromatic heterocycles. The number of ether oxygens (including phenoxy) is 1. The third-order valence-corrected chi connectivity index (χ3v) is 2.44. The minimum atomic E-state index is -2.47. The van der Waals surface area contributed by atoms with Crippen molar-refractivity contribution in [3.63, 3.8) is 0 Å². The highest BCUT2D eigenvalue weighted by atomic mass is 19.3. The average molecular weight is 247 g/mol. The summed E-state index contributed by atoms with van der Waals surface area (Å²) >= 11 is 0. The Balaban J connectivity index is 2.76. The van der Waals surface area contributed by atoms with Crippen LogP contribution in [0, 0.1) is 5.82 Å². The maximum Gasteiger partial charge on any atom is 0.254 e. The summed E-state index contributed by atoms with van der Waals surface area (Å²) < 4.78 is 43.4. The van der Waals surface area contributed by atoms with Gasteiger partial charge in [0.2, 0.25) is 0 Å². The molecule has 1 atom stereocenters. The Kier molecular flexibility index (Phi) is 5.28. The average Bonchev–Trinajstić information content (AvgIpc) is 2.28. The molecular formula is C12H16F3NO. The lowest BCUT2D eigenvalue weighted by atomic mass is 10.1. The molecule has 0 fully saturated rings. The first kappa shape index (κ1) is 13.8. The standard InChI is InChI=1S/C12H16F3NO/c1-3-16-10(12(14)15)7-8-4-5-11(17-2)9(13)6-8/h4-6,10,12,16H,3,7H2,1-2H3. The zero-order valence-corrected chi connectivity index (χ0v) is 9.84. The Morgan fingerprint density at radius 1 is 1.35 bits per heavy atom. The molecule has 0 aliphatic carbocycles. The number of halogens is 3. The molecule has 96 valence electrons. The number of hydrogen-bond donors (Lipinski definition) is 1. The first-order valence-corrected chi connectivity index (χ1v) is 5.42. The van der Waals surface area contributed by atoms with E-state index in [4.69, 9.17) is 4.74 Å². The van der Waals surface area contributed by atoms with Gasteiger partial charge in [-0.25, -0.2) is 13.2 Å². The zero-order valence-electron chi connectivity index (χ0n) is 9.84. The minimum absolute atomic E-state index is 0.0897. The fraction of sp³-hybridized carbons (Fsp3) is 0.500. The van der Waals surface area contributed by atoms with E-state index in [0.717, 1.165) is 0 Å². The first-order valence-electron chi connectivity index (χ1n) is 5.42. The van der Waals surface area contributed by atoms with E-state index < -0.39 is 18.3 Å². The third-order valence-electron chi connectivity index (χ3n) is 2.44. The van der Waals surface area contributed by atoms with Gasteiger partial charge in [-0.05, 0) is 30.7 Å². The van der Waals surface area contributed by atoms with Gasteiger partial charge >= 0.3 is 0 Å². The van der Waals surface area contributed by atoms with Gasteiger partial charge in [0.25, 0.3) is 6.43 Å². The molecule has 1 N–H and O–H groups in total. The molecule has 1 aromatic rings. The number of likely N-dealkylation sites (N-methyl/N-ethyl adjacent to an activating group) is 1. The highest BCUT2D eigenvalue weighted by molar-refractivity contribution is 5.29. The molecule has 17 heavy (non-hydrogen) atoms. The van der Waals surface area contributed by atoms with E-state index in [1.165, 1.54) is 19.2 Å². The monoisotopic (exact) mass is 247 g/mol. The topological polar surface area (TPSA) is 21.3 Å². The van der Waals surface area contributed by atoms with Crippen LogP contribution in [0.1, 0.15) is 12.5 Å². The Morgan fingerprint density at radius 2 is 2.06 bits per heavy atom. The van der Waals surface area contributed by atoms with E-state index in [1.54, 1.807) is 13.0 Å². The second kappa shape index (κ2) is 6.49. The number of methoxy groups -OCH3 is 1. The number of benzene rings is 1. The predicted octanol–water partition coefficient (Wildman–Crippen LogP) is 2.62. The van der Waals surface area contributed by atoms with Crippen molar-refractivity contribution in [1.29, 1.82) is 0 Å². The van der Waals surface area contributed by atoms with Gasteiger partial charge in [0.15, 0.2) is 11.6 Å². The lowest BCUT2D eigenvalue weighted by Crippen LogP contribution is -2.37. The highest BCUT2D eigenvalue weighted by Crippen LogP contribution is 2.19. The predicted molar refractivity (Wildman–Crippen MR) is 60.1 cm³/mol. The van der Waals surface area contributed by atoms with Crippen molar-refractivity contribution in [3.05, 3.63) is 29.6 Å². The second-order valence-electron chi connectivity index (χ2n) is 3.67. The number of nitrogens with one attached hydrogen (secondary N) is 1. The zero-order chi connectivity index (χ0) is 12.8. The summed E-state index contributed by atoms with van der Waals surface area (Å²) in [6.07, 6.45) is -2.38. The smallest absolute Gasteiger partial charge is 0.254 e. The first-order chi connectivity index (χ1) is 8.08. The van der Waals surface area contributed by atoms with Gasteiger partial charge in [0.05, 0.1) is 13.2 Å². The quantitative estimate of drug-likeness (QED) is 0.834. The Bertz CT molecular complexity index is 358. The van der Waals surface area contributed by atoms with Gasteiger partial charge in [-0.3, -0.25) is 0 Å². The lowest BCUT2D eigenvalue weighted by molar-refractivity contribution is 0.0990. The van der Waals surface area contributed by atoms with Crippen LogP contribution in [0.3, 0.4) is 0 Å². The van der Waals surface area contributed by atoms with Crippen molar-refractivity contribution in [2.75, 3.05) is 13.7 Å². The molecule has 0 spiro atoms. The Hall–Kier alpha value is -1.23. The van der Waals surface area contributed by atoms with Crippen LogP contribution < -0.4 is 10.1 Å². The lowest BCUT2D eigenvalue weighted by Gasteiger charge is -2.17. The number of alkyl halides is 2. The van der Waals surface area contributed by atoms with Crippen molar-refractivity contribution >= 4 is 0 Å². The fourth-order valence-electron chi connectivity index (χ4n) is 1.60. The van der Waals surface area contributed by atoms with Crippen molar-refractivity contribution < 1.29 is 17.9 Å². The van der Waals surface area contributed by atoms with Crippen molar-refractivity contribution in [3.8, 4) is 5.75 Å². The maximum atomic E-state index is 13.4. The third kappa shape index (κ3) is 3.93. The summed E-state index contributed by atoms with van der Waals surface area (Å²) in [5, 5.41) is 2.67. The van der Waals surface area contributed by atoms with Crippen LogP contribution in [0.4, 0.5) is 13.2 Å². The molecule has 5 heteroatoms. The molecule has 2 nitrogen and oxygen atoms in total. The molecular weight excluding hydrogens is 231 g/mol. The van der Waals surface area contributed by atoms with Gasteiger partial charge in [0, 0.05) is 0 Å². The van der Waals surface area contributed by atoms with Gasteiger partial charge in [0.1, 0.15) is 0 Å².